The lowest BCUT2D eigenvalue weighted by atomic mass is 9.74. The van der Waals surface area contributed by atoms with Crippen LogP contribution in [-0.2, 0) is 14.4 Å². The molecule has 0 bridgehead atoms. The average Bonchev–Trinajstić information content (AvgIpc) is 3.27. The molecule has 4 aliphatic heterocycles. The maximum absolute atomic E-state index is 14.6. The fourth-order valence-corrected chi connectivity index (χ4v) is 9.74. The van der Waals surface area contributed by atoms with Gasteiger partial charge in [0.05, 0.1) is 33.9 Å². The van der Waals surface area contributed by atoms with Gasteiger partial charge in [-0.15, -0.1) is 11.8 Å². The molecule has 8 nitrogen and oxygen atoms in total. The summed E-state index contributed by atoms with van der Waals surface area (Å²) in [5.41, 5.74) is 1.33. The molecule has 2 aromatic carbocycles. The zero-order chi connectivity index (χ0) is 31.1. The van der Waals surface area contributed by atoms with Gasteiger partial charge < -0.3 is 24.5 Å². The van der Waals surface area contributed by atoms with Crippen LogP contribution >= 0.6 is 23.4 Å². The van der Waals surface area contributed by atoms with Crippen molar-refractivity contribution in [1.82, 2.24) is 4.90 Å². The van der Waals surface area contributed by atoms with Crippen molar-refractivity contribution in [3.8, 4) is 5.75 Å². The summed E-state index contributed by atoms with van der Waals surface area (Å²) in [6, 6.07) is 13.9. The number of nitrogens with zero attached hydrogens (tertiary/aromatic N) is 3. The number of halogens is 1. The summed E-state index contributed by atoms with van der Waals surface area (Å²) >= 11 is 8.15. The molecule has 10 heteroatoms. The SMILES string of the molecule is CCOc1ccc(N2CC=C[C@@]3(C)S[C@]45C=CCN(c6ccccc6Cl)C(=O)C4N(CCCCCO)C(=O)[C@@H]5[C@H]3C2=O)cc1. The monoisotopic (exact) mass is 635 g/mol. The van der Waals surface area contributed by atoms with E-state index in [1.807, 2.05) is 74.5 Å². The number of carbonyl (C=O) groups excluding carboxylic acids is 3. The Kier molecular flexibility index (Phi) is 8.56. The molecule has 4 aliphatic rings. The van der Waals surface area contributed by atoms with Gasteiger partial charge in [-0.2, -0.15) is 0 Å². The van der Waals surface area contributed by atoms with Gasteiger partial charge >= 0.3 is 0 Å². The summed E-state index contributed by atoms with van der Waals surface area (Å²) in [6.07, 6.45) is 10.0. The molecular weight excluding hydrogens is 598 g/mol. The molecule has 1 N–H and O–H groups in total. The molecule has 5 atom stereocenters. The minimum Gasteiger partial charge on any atom is -0.494 e. The smallest absolute Gasteiger partial charge is 0.251 e. The lowest BCUT2D eigenvalue weighted by Crippen LogP contribution is -2.53. The molecule has 6 rings (SSSR count). The standard InChI is InChI=1S/C34H38ClN3O5S/c1-3-43-24-15-13-23(14-16-24)36-20-9-17-33(2)27(30(36)40)28-31(41)38(19-7-4-8-22-39)29-32(42)37(21-10-18-34(28,29)44-33)26-12-6-5-11-25(26)35/h5-6,9-18,27-29,39H,3-4,7-8,19-22H2,1-2H3/t27-,28-,29?,33+,34-/m0/s1. The first-order valence-corrected chi connectivity index (χ1v) is 16.5. The first kappa shape index (κ1) is 30.7. The molecule has 0 radical (unpaired) electrons. The van der Waals surface area contributed by atoms with Crippen molar-refractivity contribution >= 4 is 52.5 Å². The first-order valence-electron chi connectivity index (χ1n) is 15.3. The van der Waals surface area contributed by atoms with Gasteiger partial charge in [0.2, 0.25) is 11.8 Å². The van der Waals surface area contributed by atoms with Gasteiger partial charge in [-0.05, 0) is 69.5 Å². The van der Waals surface area contributed by atoms with Crippen LogP contribution in [0.4, 0.5) is 11.4 Å². The zero-order valence-electron chi connectivity index (χ0n) is 25.0. The molecule has 4 heterocycles. The maximum atomic E-state index is 14.6. The number of carbonyl (C=O) groups is 3. The van der Waals surface area contributed by atoms with E-state index in [2.05, 4.69) is 6.08 Å². The van der Waals surface area contributed by atoms with Crippen LogP contribution in [0.5, 0.6) is 5.75 Å². The van der Waals surface area contributed by atoms with Crippen LogP contribution in [0, 0.1) is 11.8 Å². The Morgan fingerprint density at radius 3 is 2.36 bits per heavy atom. The summed E-state index contributed by atoms with van der Waals surface area (Å²) in [5.74, 6) is -1.18. The largest absolute Gasteiger partial charge is 0.494 e. The van der Waals surface area contributed by atoms with Crippen molar-refractivity contribution in [1.29, 1.82) is 0 Å². The number of ether oxygens (including phenoxy) is 1. The highest BCUT2D eigenvalue weighted by atomic mass is 35.5. The van der Waals surface area contributed by atoms with E-state index in [0.29, 0.717) is 49.8 Å². The number of amides is 3. The quantitative estimate of drug-likeness (QED) is 0.305. The lowest BCUT2D eigenvalue weighted by molar-refractivity contribution is -0.139. The Labute approximate surface area is 267 Å². The van der Waals surface area contributed by atoms with Crippen molar-refractivity contribution in [3.05, 3.63) is 77.9 Å². The number of benzene rings is 2. The number of hydrogen-bond acceptors (Lipinski definition) is 6. The Balaban J connectivity index is 1.42. The van der Waals surface area contributed by atoms with Crippen LogP contribution in [-0.4, -0.2) is 76.1 Å². The topological polar surface area (TPSA) is 90.4 Å². The van der Waals surface area contributed by atoms with Crippen LogP contribution in [0.25, 0.3) is 0 Å². The summed E-state index contributed by atoms with van der Waals surface area (Å²) < 4.78 is 3.96. The van der Waals surface area contributed by atoms with Crippen molar-refractivity contribution in [2.45, 2.75) is 48.6 Å². The van der Waals surface area contributed by atoms with E-state index in [-0.39, 0.29) is 24.3 Å². The summed E-state index contributed by atoms with van der Waals surface area (Å²) in [4.78, 5) is 49.0. The van der Waals surface area contributed by atoms with Crippen molar-refractivity contribution < 1.29 is 24.2 Å². The number of rotatable bonds is 9. The third-order valence-corrected chi connectivity index (χ3v) is 11.3. The Bertz CT molecular complexity index is 1500. The van der Waals surface area contributed by atoms with Crippen LogP contribution in [0.15, 0.2) is 72.8 Å². The van der Waals surface area contributed by atoms with Gasteiger partial charge in [0, 0.05) is 36.7 Å². The first-order chi connectivity index (χ1) is 21.3. The van der Waals surface area contributed by atoms with E-state index in [1.54, 1.807) is 32.5 Å². The Morgan fingerprint density at radius 2 is 1.64 bits per heavy atom. The van der Waals surface area contributed by atoms with E-state index in [0.717, 1.165) is 17.9 Å². The third kappa shape index (κ3) is 5.03. The molecule has 232 valence electrons. The van der Waals surface area contributed by atoms with Gasteiger partial charge in [0.1, 0.15) is 11.8 Å². The molecule has 0 aliphatic carbocycles. The maximum Gasteiger partial charge on any atom is 0.251 e. The molecule has 44 heavy (non-hydrogen) atoms. The lowest BCUT2D eigenvalue weighted by Gasteiger charge is -2.37. The van der Waals surface area contributed by atoms with Gasteiger partial charge in [-0.25, -0.2) is 0 Å². The van der Waals surface area contributed by atoms with Gasteiger partial charge in [-0.3, -0.25) is 14.4 Å². The van der Waals surface area contributed by atoms with Gasteiger partial charge in [-0.1, -0.05) is 48.0 Å². The molecule has 2 aromatic rings. The second-order valence-corrected chi connectivity index (χ2v) is 14.1. The minimum atomic E-state index is -0.942. The van der Waals surface area contributed by atoms with Crippen molar-refractivity contribution in [2.24, 2.45) is 11.8 Å². The normalized spacial score (nSPS) is 29.4. The van der Waals surface area contributed by atoms with Gasteiger partial charge in [0.15, 0.2) is 0 Å². The number of aliphatic hydroxyl groups is 1. The number of aliphatic hydroxyl groups excluding tert-OH is 1. The second-order valence-electron chi connectivity index (χ2n) is 11.9. The molecule has 2 fully saturated rings. The number of hydrogen-bond donors (Lipinski definition) is 1. The van der Waals surface area contributed by atoms with E-state index in [9.17, 15) is 19.5 Å². The molecule has 1 unspecified atom stereocenters. The predicted octanol–water partition coefficient (Wildman–Crippen LogP) is 5.09. The summed E-state index contributed by atoms with van der Waals surface area (Å²) in [7, 11) is 0. The Hall–Kier alpha value is -3.27. The molecule has 0 aromatic heterocycles. The molecule has 0 saturated carbocycles. The summed E-state index contributed by atoms with van der Waals surface area (Å²) in [5, 5.41) is 9.81. The number of unbranched alkanes of at least 4 members (excludes halogenated alkanes) is 2. The van der Waals surface area contributed by atoms with E-state index in [4.69, 9.17) is 16.3 Å². The van der Waals surface area contributed by atoms with Crippen molar-refractivity contribution in [2.75, 3.05) is 42.6 Å². The third-order valence-electron chi connectivity index (χ3n) is 9.22. The summed E-state index contributed by atoms with van der Waals surface area (Å²) in [6.45, 7) is 5.63. The Morgan fingerprint density at radius 1 is 0.909 bits per heavy atom. The molecule has 2 saturated heterocycles. The number of thioether (sulfide) groups is 1. The highest BCUT2D eigenvalue weighted by Crippen LogP contribution is 2.65. The fraction of sp³-hybridized carbons (Fsp3) is 0.441. The van der Waals surface area contributed by atoms with Crippen LogP contribution in [0.1, 0.15) is 33.1 Å². The van der Waals surface area contributed by atoms with E-state index in [1.165, 1.54) is 0 Å². The minimum absolute atomic E-state index is 0.0738. The average molecular weight is 636 g/mol. The number of para-hydroxylation sites is 1. The van der Waals surface area contributed by atoms with Crippen LogP contribution in [0.2, 0.25) is 5.02 Å². The fourth-order valence-electron chi connectivity index (χ4n) is 7.34. The van der Waals surface area contributed by atoms with Crippen LogP contribution in [0.3, 0.4) is 0 Å². The van der Waals surface area contributed by atoms with Gasteiger partial charge in [0.25, 0.3) is 5.91 Å². The molecular formula is C34H38ClN3O5S. The highest BCUT2D eigenvalue weighted by molar-refractivity contribution is 8.02. The number of fused-ring (bicyclic) bond motifs is 2. The molecule has 1 spiro atoms. The van der Waals surface area contributed by atoms with Crippen LogP contribution < -0.4 is 14.5 Å². The zero-order valence-corrected chi connectivity index (χ0v) is 26.6. The predicted molar refractivity (Wildman–Crippen MR) is 174 cm³/mol. The van der Waals surface area contributed by atoms with Crippen molar-refractivity contribution in [3.63, 3.8) is 0 Å². The van der Waals surface area contributed by atoms with E-state index < -0.39 is 27.4 Å². The second kappa shape index (κ2) is 12.3. The van der Waals surface area contributed by atoms with E-state index >= 15 is 0 Å². The highest BCUT2D eigenvalue weighted by Gasteiger charge is 2.74. The number of likely N-dealkylation sites (tertiary alicyclic amines) is 1. The number of anilines is 2. The molecule has 3 amide bonds.